The second kappa shape index (κ2) is 6.67. The number of ether oxygens (including phenoxy) is 1. The van der Waals surface area contributed by atoms with E-state index >= 15 is 0 Å². The van der Waals surface area contributed by atoms with Crippen molar-refractivity contribution in [2.75, 3.05) is 12.4 Å². The number of benzene rings is 1. The maximum atomic E-state index is 11.8. The van der Waals surface area contributed by atoms with Crippen molar-refractivity contribution in [3.8, 4) is 0 Å². The maximum Gasteiger partial charge on any atom is 0.412 e. The monoisotopic (exact) mass is 312 g/mol. The topological polar surface area (TPSA) is 50.4 Å². The number of hydrogen-bond donors (Lipinski definition) is 2. The van der Waals surface area contributed by atoms with Crippen molar-refractivity contribution >= 4 is 23.4 Å². The number of halogens is 1. The Morgan fingerprint density at radius 1 is 1.24 bits per heavy atom. The molecule has 0 aliphatic heterocycles. The Bertz CT molecular complexity index is 507. The molecule has 0 spiro atoms. The first-order valence-corrected chi connectivity index (χ1v) is 7.37. The van der Waals surface area contributed by atoms with Crippen molar-refractivity contribution < 1.29 is 9.53 Å². The summed E-state index contributed by atoms with van der Waals surface area (Å²) in [5, 5.41) is 6.44. The van der Waals surface area contributed by atoms with E-state index in [9.17, 15) is 4.79 Å². The molecule has 0 saturated heterocycles. The molecule has 0 saturated carbocycles. The molecule has 0 aliphatic carbocycles. The lowest BCUT2D eigenvalue weighted by molar-refractivity contribution is 0.0636. The molecule has 0 aromatic heterocycles. The molecule has 21 heavy (non-hydrogen) atoms. The van der Waals surface area contributed by atoms with Crippen LogP contribution in [0.25, 0.3) is 0 Å². The first-order chi connectivity index (χ1) is 9.52. The fourth-order valence-corrected chi connectivity index (χ4v) is 1.96. The number of carbonyl (C=O) groups excluding carboxylic acids is 1. The van der Waals surface area contributed by atoms with Crippen molar-refractivity contribution in [3.05, 3.63) is 28.8 Å². The fourth-order valence-electron chi connectivity index (χ4n) is 1.79. The van der Waals surface area contributed by atoms with Gasteiger partial charge in [-0.3, -0.25) is 5.32 Å². The van der Waals surface area contributed by atoms with E-state index in [1.54, 1.807) is 6.07 Å². The van der Waals surface area contributed by atoms with Gasteiger partial charge in [0.05, 0.1) is 10.7 Å². The largest absolute Gasteiger partial charge is 0.444 e. The van der Waals surface area contributed by atoms with Gasteiger partial charge in [-0.15, -0.1) is 0 Å². The van der Waals surface area contributed by atoms with Gasteiger partial charge in [0.2, 0.25) is 0 Å². The minimum absolute atomic E-state index is 0.0307. The van der Waals surface area contributed by atoms with Crippen LogP contribution >= 0.6 is 11.6 Å². The van der Waals surface area contributed by atoms with Crippen LogP contribution in [0.15, 0.2) is 18.2 Å². The third-order valence-corrected chi connectivity index (χ3v) is 3.32. The molecule has 5 heteroatoms. The molecule has 0 aliphatic rings. The van der Waals surface area contributed by atoms with Gasteiger partial charge in [0.25, 0.3) is 0 Å². The Kier molecular flexibility index (Phi) is 5.65. The summed E-state index contributed by atoms with van der Waals surface area (Å²) < 4.78 is 5.24. The normalized spacial score (nSPS) is 12.1. The lowest BCUT2D eigenvalue weighted by atomic mass is 9.95. The molecule has 1 aromatic rings. The van der Waals surface area contributed by atoms with Crippen LogP contribution in [0.3, 0.4) is 0 Å². The van der Waals surface area contributed by atoms with E-state index in [4.69, 9.17) is 16.3 Å². The van der Waals surface area contributed by atoms with E-state index < -0.39 is 11.7 Å². The van der Waals surface area contributed by atoms with Crippen LogP contribution in [0.2, 0.25) is 5.02 Å². The number of rotatable bonds is 4. The highest BCUT2D eigenvalue weighted by atomic mass is 35.5. The summed E-state index contributed by atoms with van der Waals surface area (Å²) in [4.78, 5) is 11.8. The zero-order chi connectivity index (χ0) is 16.3. The van der Waals surface area contributed by atoms with Crippen LogP contribution in [0.1, 0.15) is 40.2 Å². The standard InChI is InChI=1S/C16H25ClN2O2/c1-15(2,3)21-14(20)19-13-9-11(7-8-12(13)17)10-16(4,5)18-6/h7-9,18H,10H2,1-6H3,(H,19,20). The van der Waals surface area contributed by atoms with E-state index in [2.05, 4.69) is 24.5 Å². The predicted octanol–water partition coefficient (Wildman–Crippen LogP) is 4.23. The molecule has 0 unspecified atom stereocenters. The van der Waals surface area contributed by atoms with Crippen LogP contribution < -0.4 is 10.6 Å². The zero-order valence-electron chi connectivity index (χ0n) is 13.6. The van der Waals surface area contributed by atoms with Crippen molar-refractivity contribution in [1.82, 2.24) is 5.32 Å². The second-order valence-electron chi connectivity index (χ2n) is 6.75. The second-order valence-corrected chi connectivity index (χ2v) is 7.16. The van der Waals surface area contributed by atoms with E-state index in [0.717, 1.165) is 12.0 Å². The van der Waals surface area contributed by atoms with Crippen molar-refractivity contribution in [3.63, 3.8) is 0 Å². The number of hydrogen-bond acceptors (Lipinski definition) is 3. The van der Waals surface area contributed by atoms with E-state index in [1.165, 1.54) is 0 Å². The van der Waals surface area contributed by atoms with Gasteiger partial charge < -0.3 is 10.1 Å². The first kappa shape index (κ1) is 17.8. The van der Waals surface area contributed by atoms with Crippen LogP contribution in [0, 0.1) is 0 Å². The van der Waals surface area contributed by atoms with Gasteiger partial charge in [-0.2, -0.15) is 0 Å². The number of nitrogens with one attached hydrogen (secondary N) is 2. The van der Waals surface area contributed by atoms with E-state index in [1.807, 2.05) is 40.0 Å². The fraction of sp³-hybridized carbons (Fsp3) is 0.562. The Balaban J connectivity index is 2.86. The summed E-state index contributed by atoms with van der Waals surface area (Å²) in [7, 11) is 1.93. The molecule has 1 amide bonds. The molecular formula is C16H25ClN2O2. The quantitative estimate of drug-likeness (QED) is 0.875. The lowest BCUT2D eigenvalue weighted by Gasteiger charge is -2.24. The molecule has 4 nitrogen and oxygen atoms in total. The van der Waals surface area contributed by atoms with Gasteiger partial charge in [0.1, 0.15) is 5.60 Å². The minimum atomic E-state index is -0.539. The zero-order valence-corrected chi connectivity index (χ0v) is 14.4. The Morgan fingerprint density at radius 3 is 2.38 bits per heavy atom. The SMILES string of the molecule is CNC(C)(C)Cc1ccc(Cl)c(NC(=O)OC(C)(C)C)c1. The molecule has 0 heterocycles. The highest BCUT2D eigenvalue weighted by molar-refractivity contribution is 6.33. The van der Waals surface area contributed by atoms with Gasteiger partial charge >= 0.3 is 6.09 Å². The smallest absolute Gasteiger partial charge is 0.412 e. The predicted molar refractivity (Wildman–Crippen MR) is 88.2 cm³/mol. The molecule has 0 fully saturated rings. The van der Waals surface area contributed by atoms with Gasteiger partial charge in [0.15, 0.2) is 0 Å². The molecular weight excluding hydrogens is 288 g/mol. The summed E-state index contributed by atoms with van der Waals surface area (Å²) in [6.45, 7) is 9.69. The van der Waals surface area contributed by atoms with Crippen molar-refractivity contribution in [2.24, 2.45) is 0 Å². The summed E-state index contributed by atoms with van der Waals surface area (Å²) in [6, 6.07) is 5.63. The van der Waals surface area contributed by atoms with Crippen LogP contribution in [-0.2, 0) is 11.2 Å². The average molecular weight is 313 g/mol. The van der Waals surface area contributed by atoms with Crippen LogP contribution in [0.5, 0.6) is 0 Å². The molecule has 1 aromatic carbocycles. The first-order valence-electron chi connectivity index (χ1n) is 7.00. The number of amides is 1. The molecule has 0 atom stereocenters. The number of likely N-dealkylation sites (N-methyl/N-ethyl adjacent to an activating group) is 1. The molecule has 0 radical (unpaired) electrons. The van der Waals surface area contributed by atoms with Crippen LogP contribution in [-0.4, -0.2) is 24.3 Å². The Morgan fingerprint density at radius 2 is 1.86 bits per heavy atom. The highest BCUT2D eigenvalue weighted by Gasteiger charge is 2.19. The van der Waals surface area contributed by atoms with Crippen molar-refractivity contribution in [1.29, 1.82) is 0 Å². The molecule has 2 N–H and O–H groups in total. The summed E-state index contributed by atoms with van der Waals surface area (Å²) >= 11 is 6.13. The average Bonchev–Trinajstić information content (AvgIpc) is 2.31. The molecule has 118 valence electrons. The third kappa shape index (κ3) is 6.36. The van der Waals surface area contributed by atoms with Crippen LogP contribution in [0.4, 0.5) is 10.5 Å². The summed E-state index contributed by atoms with van der Waals surface area (Å²) in [5.41, 5.74) is 1.08. The maximum absolute atomic E-state index is 11.8. The third-order valence-electron chi connectivity index (χ3n) is 2.99. The highest BCUT2D eigenvalue weighted by Crippen LogP contribution is 2.25. The molecule has 0 bridgehead atoms. The number of anilines is 1. The summed E-state index contributed by atoms with van der Waals surface area (Å²) in [5.74, 6) is 0. The van der Waals surface area contributed by atoms with E-state index in [0.29, 0.717) is 10.7 Å². The van der Waals surface area contributed by atoms with Gasteiger partial charge in [-0.25, -0.2) is 4.79 Å². The van der Waals surface area contributed by atoms with Gasteiger partial charge in [-0.05, 0) is 65.8 Å². The Hall–Kier alpha value is -1.26. The van der Waals surface area contributed by atoms with Crippen molar-refractivity contribution in [2.45, 2.75) is 52.2 Å². The molecule has 1 rings (SSSR count). The minimum Gasteiger partial charge on any atom is -0.444 e. The van der Waals surface area contributed by atoms with Gasteiger partial charge in [0, 0.05) is 5.54 Å². The Labute approximate surface area is 132 Å². The number of carbonyl (C=O) groups is 1. The lowest BCUT2D eigenvalue weighted by Crippen LogP contribution is -2.38. The summed E-state index contributed by atoms with van der Waals surface area (Å²) in [6.07, 6.45) is 0.318. The van der Waals surface area contributed by atoms with Gasteiger partial charge in [-0.1, -0.05) is 17.7 Å². The van der Waals surface area contributed by atoms with E-state index in [-0.39, 0.29) is 5.54 Å².